The van der Waals surface area contributed by atoms with E-state index in [4.69, 9.17) is 5.10 Å². The van der Waals surface area contributed by atoms with Gasteiger partial charge < -0.3 is 5.32 Å². The molecule has 1 heterocycles. The standard InChI is InChI=1S/C15H29N3/c1-10(2)14(9-16-15(6,7)8)18-13(5)11(3)12(4)17-18/h10,14,16H,9H2,1-8H3. The second-order valence-electron chi connectivity index (χ2n) is 6.68. The Morgan fingerprint density at radius 2 is 1.72 bits per heavy atom. The summed E-state index contributed by atoms with van der Waals surface area (Å²) < 4.78 is 2.20. The van der Waals surface area contributed by atoms with E-state index in [1.807, 2.05) is 0 Å². The summed E-state index contributed by atoms with van der Waals surface area (Å²) in [6.45, 7) is 18.5. The molecule has 0 saturated carbocycles. The van der Waals surface area contributed by atoms with Crippen LogP contribution >= 0.6 is 0 Å². The van der Waals surface area contributed by atoms with Crippen molar-refractivity contribution >= 4 is 0 Å². The van der Waals surface area contributed by atoms with Gasteiger partial charge in [0.2, 0.25) is 0 Å². The van der Waals surface area contributed by atoms with Crippen molar-refractivity contribution in [3.63, 3.8) is 0 Å². The van der Waals surface area contributed by atoms with E-state index in [1.165, 1.54) is 11.3 Å². The highest BCUT2D eigenvalue weighted by Gasteiger charge is 2.22. The molecule has 1 rings (SSSR count). The lowest BCUT2D eigenvalue weighted by molar-refractivity contribution is 0.290. The molecule has 1 N–H and O–H groups in total. The molecule has 0 spiro atoms. The number of nitrogens with one attached hydrogen (secondary N) is 1. The minimum atomic E-state index is 0.151. The molecule has 1 aromatic rings. The Balaban J connectivity index is 2.95. The maximum atomic E-state index is 4.71. The fourth-order valence-corrected chi connectivity index (χ4v) is 2.08. The first kappa shape index (κ1) is 15.2. The van der Waals surface area contributed by atoms with Crippen LogP contribution in [0.1, 0.15) is 57.6 Å². The summed E-state index contributed by atoms with van der Waals surface area (Å²) in [5.74, 6) is 0.567. The zero-order chi connectivity index (χ0) is 14.1. The van der Waals surface area contributed by atoms with Gasteiger partial charge in [0, 0.05) is 17.8 Å². The third-order valence-corrected chi connectivity index (χ3v) is 3.61. The molecule has 1 atom stereocenters. The molecule has 0 fully saturated rings. The van der Waals surface area contributed by atoms with Crippen molar-refractivity contribution in [2.24, 2.45) is 5.92 Å². The molecule has 0 aliphatic rings. The molecule has 18 heavy (non-hydrogen) atoms. The Hall–Kier alpha value is -0.830. The molecule has 0 bridgehead atoms. The van der Waals surface area contributed by atoms with Crippen molar-refractivity contribution in [1.82, 2.24) is 15.1 Å². The molecule has 1 aromatic heterocycles. The van der Waals surface area contributed by atoms with E-state index >= 15 is 0 Å². The molecule has 1 unspecified atom stereocenters. The van der Waals surface area contributed by atoms with Gasteiger partial charge in [-0.05, 0) is 53.0 Å². The van der Waals surface area contributed by atoms with E-state index in [0.717, 1.165) is 12.2 Å². The van der Waals surface area contributed by atoms with Crippen molar-refractivity contribution in [2.75, 3.05) is 6.54 Å². The highest BCUT2D eigenvalue weighted by atomic mass is 15.3. The van der Waals surface area contributed by atoms with Gasteiger partial charge in [0.05, 0.1) is 11.7 Å². The highest BCUT2D eigenvalue weighted by Crippen LogP contribution is 2.22. The van der Waals surface area contributed by atoms with Crippen molar-refractivity contribution in [3.8, 4) is 0 Å². The average molecular weight is 251 g/mol. The lowest BCUT2D eigenvalue weighted by Gasteiger charge is -2.28. The van der Waals surface area contributed by atoms with Crippen LogP contribution in [-0.4, -0.2) is 21.9 Å². The van der Waals surface area contributed by atoms with Gasteiger partial charge in [-0.1, -0.05) is 13.8 Å². The number of aryl methyl sites for hydroxylation is 1. The number of hydrogen-bond acceptors (Lipinski definition) is 2. The zero-order valence-electron chi connectivity index (χ0n) is 13.3. The van der Waals surface area contributed by atoms with Crippen LogP contribution in [0.4, 0.5) is 0 Å². The molecule has 0 saturated heterocycles. The van der Waals surface area contributed by atoms with Crippen molar-refractivity contribution in [1.29, 1.82) is 0 Å². The minimum absolute atomic E-state index is 0.151. The first-order valence-electron chi connectivity index (χ1n) is 6.91. The highest BCUT2D eigenvalue weighted by molar-refractivity contribution is 5.22. The zero-order valence-corrected chi connectivity index (χ0v) is 13.3. The van der Waals surface area contributed by atoms with Crippen LogP contribution in [0.3, 0.4) is 0 Å². The Morgan fingerprint density at radius 1 is 1.17 bits per heavy atom. The van der Waals surface area contributed by atoms with E-state index in [0.29, 0.717) is 12.0 Å². The maximum Gasteiger partial charge on any atom is 0.0669 e. The molecule has 3 heteroatoms. The Labute approximate surface area is 112 Å². The Morgan fingerprint density at radius 3 is 2.06 bits per heavy atom. The summed E-state index contributed by atoms with van der Waals surface area (Å²) in [5.41, 5.74) is 3.91. The second kappa shape index (κ2) is 5.43. The molecular weight excluding hydrogens is 222 g/mol. The van der Waals surface area contributed by atoms with Gasteiger partial charge in [-0.3, -0.25) is 4.68 Å². The summed E-state index contributed by atoms with van der Waals surface area (Å²) in [4.78, 5) is 0. The number of rotatable bonds is 4. The normalized spacial score (nSPS) is 14.3. The summed E-state index contributed by atoms with van der Waals surface area (Å²) in [6.07, 6.45) is 0. The van der Waals surface area contributed by atoms with Crippen molar-refractivity contribution in [2.45, 2.75) is 67.0 Å². The third kappa shape index (κ3) is 3.58. The predicted molar refractivity (Wildman–Crippen MR) is 78.1 cm³/mol. The molecule has 0 aromatic carbocycles. The number of hydrogen-bond donors (Lipinski definition) is 1. The summed E-state index contributed by atoms with van der Waals surface area (Å²) in [6, 6.07) is 0.414. The summed E-state index contributed by atoms with van der Waals surface area (Å²) >= 11 is 0. The molecule has 0 radical (unpaired) electrons. The number of aromatic nitrogens is 2. The Bertz CT molecular complexity index is 397. The molecule has 0 amide bonds. The first-order valence-corrected chi connectivity index (χ1v) is 6.91. The summed E-state index contributed by atoms with van der Waals surface area (Å²) in [7, 11) is 0. The quantitative estimate of drug-likeness (QED) is 0.889. The van der Waals surface area contributed by atoms with Crippen LogP contribution in [0.25, 0.3) is 0 Å². The second-order valence-corrected chi connectivity index (χ2v) is 6.68. The third-order valence-electron chi connectivity index (χ3n) is 3.61. The first-order chi connectivity index (χ1) is 8.13. The predicted octanol–water partition coefficient (Wildman–Crippen LogP) is 3.39. The van der Waals surface area contributed by atoms with Gasteiger partial charge in [0.1, 0.15) is 0 Å². The van der Waals surface area contributed by atoms with Gasteiger partial charge in [-0.2, -0.15) is 5.10 Å². The summed E-state index contributed by atoms with van der Waals surface area (Å²) in [5, 5.41) is 8.31. The molecule has 0 aliphatic heterocycles. The van der Waals surface area contributed by atoms with E-state index in [-0.39, 0.29) is 5.54 Å². The van der Waals surface area contributed by atoms with Crippen molar-refractivity contribution < 1.29 is 0 Å². The fraction of sp³-hybridized carbons (Fsp3) is 0.800. The van der Waals surface area contributed by atoms with Gasteiger partial charge >= 0.3 is 0 Å². The molecule has 3 nitrogen and oxygen atoms in total. The number of nitrogens with zero attached hydrogens (tertiary/aromatic N) is 2. The smallest absolute Gasteiger partial charge is 0.0669 e. The largest absolute Gasteiger partial charge is 0.310 e. The van der Waals surface area contributed by atoms with E-state index in [1.54, 1.807) is 0 Å². The van der Waals surface area contributed by atoms with Crippen LogP contribution < -0.4 is 5.32 Å². The molecule has 104 valence electrons. The lowest BCUT2D eigenvalue weighted by Crippen LogP contribution is -2.41. The van der Waals surface area contributed by atoms with Crippen molar-refractivity contribution in [3.05, 3.63) is 17.0 Å². The van der Waals surface area contributed by atoms with Gasteiger partial charge in [0.15, 0.2) is 0 Å². The maximum absolute atomic E-state index is 4.71. The minimum Gasteiger partial charge on any atom is -0.310 e. The monoisotopic (exact) mass is 251 g/mol. The topological polar surface area (TPSA) is 29.9 Å². The van der Waals surface area contributed by atoms with E-state index in [9.17, 15) is 0 Å². The lowest BCUT2D eigenvalue weighted by atomic mass is 10.0. The van der Waals surface area contributed by atoms with Crippen LogP contribution in [0.5, 0.6) is 0 Å². The SMILES string of the molecule is Cc1nn(C(CNC(C)(C)C)C(C)C)c(C)c1C. The van der Waals surface area contributed by atoms with E-state index in [2.05, 4.69) is 65.4 Å². The van der Waals surface area contributed by atoms with Gasteiger partial charge in [-0.25, -0.2) is 0 Å². The van der Waals surface area contributed by atoms with Crippen LogP contribution in [-0.2, 0) is 0 Å². The average Bonchev–Trinajstić information content (AvgIpc) is 2.45. The van der Waals surface area contributed by atoms with Gasteiger partial charge in [0.25, 0.3) is 0 Å². The van der Waals surface area contributed by atoms with Crippen LogP contribution in [0, 0.1) is 26.7 Å². The van der Waals surface area contributed by atoms with Crippen LogP contribution in [0.2, 0.25) is 0 Å². The molecular formula is C15H29N3. The van der Waals surface area contributed by atoms with Crippen LogP contribution in [0.15, 0.2) is 0 Å². The Kier molecular flexibility index (Phi) is 4.60. The fourth-order valence-electron chi connectivity index (χ4n) is 2.08. The van der Waals surface area contributed by atoms with E-state index < -0.39 is 0 Å². The molecule has 0 aliphatic carbocycles. The van der Waals surface area contributed by atoms with Gasteiger partial charge in [-0.15, -0.1) is 0 Å².